The lowest BCUT2D eigenvalue weighted by Gasteiger charge is -2.17. The van der Waals surface area contributed by atoms with Crippen LogP contribution in [0.1, 0.15) is 30.8 Å². The fourth-order valence-electron chi connectivity index (χ4n) is 1.88. The Kier molecular flexibility index (Phi) is 4.34. The summed E-state index contributed by atoms with van der Waals surface area (Å²) >= 11 is 1.75. The first kappa shape index (κ1) is 12.3. The van der Waals surface area contributed by atoms with E-state index in [-0.39, 0.29) is 0 Å². The number of imidazole rings is 1. The third-order valence-corrected chi connectivity index (χ3v) is 3.60. The quantitative estimate of drug-likeness (QED) is 0.853. The summed E-state index contributed by atoms with van der Waals surface area (Å²) in [5.41, 5.74) is 1.37. The average Bonchev–Trinajstić information content (AvgIpc) is 2.96. The molecule has 1 unspecified atom stereocenters. The van der Waals surface area contributed by atoms with Crippen LogP contribution in [0.15, 0.2) is 29.2 Å². The minimum Gasteiger partial charge on any atom is -0.338 e. The van der Waals surface area contributed by atoms with Gasteiger partial charge in [-0.05, 0) is 35.4 Å². The van der Waals surface area contributed by atoms with Crippen molar-refractivity contribution in [2.45, 2.75) is 25.8 Å². The molecule has 2 heterocycles. The van der Waals surface area contributed by atoms with Crippen LogP contribution >= 0.6 is 11.3 Å². The average molecular weight is 249 g/mol. The van der Waals surface area contributed by atoms with Crippen LogP contribution in [0.3, 0.4) is 0 Å². The smallest absolute Gasteiger partial charge is 0.110 e. The molecule has 4 heteroatoms. The van der Waals surface area contributed by atoms with E-state index in [9.17, 15) is 0 Å². The van der Waals surface area contributed by atoms with Gasteiger partial charge in [0.1, 0.15) is 5.82 Å². The van der Waals surface area contributed by atoms with Crippen LogP contribution in [-0.4, -0.2) is 16.1 Å². The molecular weight excluding hydrogens is 230 g/mol. The summed E-state index contributed by atoms with van der Waals surface area (Å²) in [6.07, 6.45) is 5.96. The molecule has 0 saturated carbocycles. The number of hydrogen-bond acceptors (Lipinski definition) is 3. The monoisotopic (exact) mass is 249 g/mol. The zero-order valence-corrected chi connectivity index (χ0v) is 11.2. The highest BCUT2D eigenvalue weighted by Crippen LogP contribution is 2.20. The predicted molar refractivity (Wildman–Crippen MR) is 72.3 cm³/mol. The van der Waals surface area contributed by atoms with Gasteiger partial charge >= 0.3 is 0 Å². The van der Waals surface area contributed by atoms with Crippen molar-refractivity contribution in [3.05, 3.63) is 40.6 Å². The molecule has 92 valence electrons. The molecule has 0 aliphatic carbocycles. The second-order valence-electron chi connectivity index (χ2n) is 4.22. The molecule has 0 aromatic carbocycles. The summed E-state index contributed by atoms with van der Waals surface area (Å²) in [5.74, 6) is 1.13. The van der Waals surface area contributed by atoms with E-state index in [0.717, 1.165) is 25.2 Å². The lowest BCUT2D eigenvalue weighted by Crippen LogP contribution is -2.24. The number of hydrogen-bond donors (Lipinski definition) is 1. The van der Waals surface area contributed by atoms with Crippen LogP contribution in [0.2, 0.25) is 0 Å². The van der Waals surface area contributed by atoms with Gasteiger partial charge in [-0.3, -0.25) is 0 Å². The highest BCUT2D eigenvalue weighted by atomic mass is 32.1. The fourth-order valence-corrected chi connectivity index (χ4v) is 2.59. The number of nitrogens with zero attached hydrogens (tertiary/aromatic N) is 2. The van der Waals surface area contributed by atoms with E-state index in [1.54, 1.807) is 11.3 Å². The maximum absolute atomic E-state index is 4.40. The zero-order valence-electron chi connectivity index (χ0n) is 10.4. The minimum atomic E-state index is 0.377. The molecule has 2 rings (SSSR count). The van der Waals surface area contributed by atoms with Crippen molar-refractivity contribution in [2.24, 2.45) is 7.05 Å². The van der Waals surface area contributed by atoms with E-state index in [2.05, 4.69) is 38.6 Å². The SMILES string of the molecule is CCCNC(Cc1nccn1C)c1ccsc1. The molecule has 0 radical (unpaired) electrons. The van der Waals surface area contributed by atoms with Crippen LogP contribution in [0.25, 0.3) is 0 Å². The summed E-state index contributed by atoms with van der Waals surface area (Å²) in [4.78, 5) is 4.40. The number of aromatic nitrogens is 2. The molecule has 17 heavy (non-hydrogen) atoms. The molecule has 0 spiro atoms. The Hall–Kier alpha value is -1.13. The first-order valence-electron chi connectivity index (χ1n) is 6.03. The minimum absolute atomic E-state index is 0.377. The normalized spacial score (nSPS) is 12.8. The van der Waals surface area contributed by atoms with Gasteiger partial charge in [0.15, 0.2) is 0 Å². The molecule has 0 saturated heterocycles. The molecule has 0 fully saturated rings. The van der Waals surface area contributed by atoms with Gasteiger partial charge in [0.05, 0.1) is 0 Å². The van der Waals surface area contributed by atoms with Gasteiger partial charge in [0.25, 0.3) is 0 Å². The molecule has 1 atom stereocenters. The molecule has 3 nitrogen and oxygen atoms in total. The van der Waals surface area contributed by atoms with Gasteiger partial charge in [-0.2, -0.15) is 11.3 Å². The van der Waals surface area contributed by atoms with Crippen LogP contribution in [0, 0.1) is 0 Å². The lowest BCUT2D eigenvalue weighted by atomic mass is 10.1. The largest absolute Gasteiger partial charge is 0.338 e. The molecule has 2 aromatic heterocycles. The zero-order chi connectivity index (χ0) is 12.1. The van der Waals surface area contributed by atoms with Crippen molar-refractivity contribution in [1.29, 1.82) is 0 Å². The number of rotatable bonds is 6. The van der Waals surface area contributed by atoms with Crippen molar-refractivity contribution in [3.8, 4) is 0 Å². The predicted octanol–water partition coefficient (Wildman–Crippen LogP) is 2.77. The number of aryl methyl sites for hydroxylation is 1. The Morgan fingerprint density at radius 1 is 1.53 bits per heavy atom. The summed E-state index contributed by atoms with van der Waals surface area (Å²) in [6.45, 7) is 3.24. The Morgan fingerprint density at radius 3 is 3.00 bits per heavy atom. The van der Waals surface area contributed by atoms with E-state index in [1.165, 1.54) is 5.56 Å². The third-order valence-electron chi connectivity index (χ3n) is 2.89. The van der Waals surface area contributed by atoms with E-state index in [0.29, 0.717) is 6.04 Å². The van der Waals surface area contributed by atoms with Crippen molar-refractivity contribution >= 4 is 11.3 Å². The van der Waals surface area contributed by atoms with Gasteiger partial charge in [-0.15, -0.1) is 0 Å². The van der Waals surface area contributed by atoms with E-state index >= 15 is 0 Å². The van der Waals surface area contributed by atoms with Crippen molar-refractivity contribution in [1.82, 2.24) is 14.9 Å². The molecule has 0 aliphatic rings. The molecule has 0 aliphatic heterocycles. The van der Waals surface area contributed by atoms with Crippen LogP contribution < -0.4 is 5.32 Å². The molecule has 2 aromatic rings. The van der Waals surface area contributed by atoms with Crippen LogP contribution in [0.5, 0.6) is 0 Å². The third kappa shape index (κ3) is 3.17. The molecular formula is C13H19N3S. The van der Waals surface area contributed by atoms with Crippen LogP contribution in [-0.2, 0) is 13.5 Å². The molecule has 0 bridgehead atoms. The van der Waals surface area contributed by atoms with Gasteiger partial charge in [0, 0.05) is 31.9 Å². The highest BCUT2D eigenvalue weighted by molar-refractivity contribution is 7.07. The second kappa shape index (κ2) is 5.98. The Morgan fingerprint density at radius 2 is 2.41 bits per heavy atom. The Bertz CT molecular complexity index is 433. The van der Waals surface area contributed by atoms with E-state index in [1.807, 2.05) is 19.4 Å². The first-order chi connectivity index (χ1) is 8.31. The molecule has 1 N–H and O–H groups in total. The summed E-state index contributed by atoms with van der Waals surface area (Å²) in [5, 5.41) is 7.94. The number of thiophene rings is 1. The van der Waals surface area contributed by atoms with Gasteiger partial charge in [0.2, 0.25) is 0 Å². The second-order valence-corrected chi connectivity index (χ2v) is 5.00. The Balaban J connectivity index is 2.08. The van der Waals surface area contributed by atoms with Gasteiger partial charge < -0.3 is 9.88 Å². The maximum atomic E-state index is 4.40. The number of nitrogens with one attached hydrogen (secondary N) is 1. The summed E-state index contributed by atoms with van der Waals surface area (Å²) < 4.78 is 2.09. The van der Waals surface area contributed by atoms with E-state index < -0.39 is 0 Å². The first-order valence-corrected chi connectivity index (χ1v) is 6.97. The lowest BCUT2D eigenvalue weighted by molar-refractivity contribution is 0.513. The standard InChI is InChI=1S/C13H19N3S/c1-3-5-14-12(11-4-8-17-10-11)9-13-15-6-7-16(13)2/h4,6-8,10,12,14H,3,5,9H2,1-2H3. The summed E-state index contributed by atoms with van der Waals surface area (Å²) in [7, 11) is 2.05. The maximum Gasteiger partial charge on any atom is 0.110 e. The topological polar surface area (TPSA) is 29.9 Å². The fraction of sp³-hybridized carbons (Fsp3) is 0.462. The van der Waals surface area contributed by atoms with Crippen LogP contribution in [0.4, 0.5) is 0 Å². The van der Waals surface area contributed by atoms with Crippen molar-refractivity contribution in [2.75, 3.05) is 6.54 Å². The molecule has 0 amide bonds. The highest BCUT2D eigenvalue weighted by Gasteiger charge is 2.14. The Labute approximate surface area is 107 Å². The van der Waals surface area contributed by atoms with Crippen molar-refractivity contribution in [3.63, 3.8) is 0 Å². The van der Waals surface area contributed by atoms with E-state index in [4.69, 9.17) is 0 Å². The summed E-state index contributed by atoms with van der Waals surface area (Å²) in [6, 6.07) is 2.57. The van der Waals surface area contributed by atoms with Gasteiger partial charge in [-0.25, -0.2) is 4.98 Å². The van der Waals surface area contributed by atoms with Crippen molar-refractivity contribution < 1.29 is 0 Å². The van der Waals surface area contributed by atoms with Gasteiger partial charge in [-0.1, -0.05) is 6.92 Å².